The number of aryl methyl sites for hydroxylation is 1. The van der Waals surface area contributed by atoms with Crippen LogP contribution in [0.15, 0.2) is 16.9 Å². The van der Waals surface area contributed by atoms with Crippen LogP contribution in [0.5, 0.6) is 0 Å². The second kappa shape index (κ2) is 6.23. The second-order valence-corrected chi connectivity index (χ2v) is 6.78. The number of nitrogens with zero attached hydrogens (tertiary/aromatic N) is 3. The summed E-state index contributed by atoms with van der Waals surface area (Å²) in [6, 6.07) is 3.02. The highest BCUT2D eigenvalue weighted by Crippen LogP contribution is 2.46. The molecule has 0 N–H and O–H groups in total. The summed E-state index contributed by atoms with van der Waals surface area (Å²) in [5, 5.41) is 4.24. The van der Waals surface area contributed by atoms with Gasteiger partial charge in [0.05, 0.1) is 0 Å². The number of likely N-dealkylation sites (tertiary alicyclic amines) is 1. The van der Waals surface area contributed by atoms with E-state index in [2.05, 4.69) is 5.10 Å². The highest BCUT2D eigenvalue weighted by atomic mass is 16.2. The molecule has 1 amide bonds. The first-order valence-corrected chi connectivity index (χ1v) is 8.51. The first kappa shape index (κ1) is 15.3. The molecule has 0 radical (unpaired) electrons. The topological polar surface area (TPSA) is 55.2 Å². The number of carbonyl (C=O) groups is 1. The van der Waals surface area contributed by atoms with Crippen LogP contribution in [-0.4, -0.2) is 33.7 Å². The molecule has 0 bridgehead atoms. The lowest BCUT2D eigenvalue weighted by atomic mass is 9.77. The smallest absolute Gasteiger partial charge is 0.274 e. The van der Waals surface area contributed by atoms with E-state index in [-0.39, 0.29) is 11.5 Å². The third-order valence-corrected chi connectivity index (χ3v) is 5.30. The van der Waals surface area contributed by atoms with Gasteiger partial charge in [-0.15, -0.1) is 0 Å². The van der Waals surface area contributed by atoms with Crippen LogP contribution in [0.25, 0.3) is 0 Å². The molecule has 2 heterocycles. The Morgan fingerprint density at radius 2 is 1.86 bits per heavy atom. The molecule has 3 rings (SSSR count). The van der Waals surface area contributed by atoms with Crippen LogP contribution in [0, 0.1) is 5.41 Å². The van der Waals surface area contributed by atoms with E-state index in [9.17, 15) is 9.59 Å². The molecule has 120 valence electrons. The lowest BCUT2D eigenvalue weighted by molar-refractivity contribution is 0.0579. The molecule has 1 aliphatic heterocycles. The number of piperidine rings is 1. The molecule has 0 atom stereocenters. The molecule has 5 nitrogen and oxygen atoms in total. The molecule has 1 aliphatic carbocycles. The average molecular weight is 303 g/mol. The van der Waals surface area contributed by atoms with E-state index in [1.54, 1.807) is 6.07 Å². The number of hydrogen-bond acceptors (Lipinski definition) is 3. The zero-order valence-electron chi connectivity index (χ0n) is 13.4. The van der Waals surface area contributed by atoms with Gasteiger partial charge in [0.25, 0.3) is 11.5 Å². The number of rotatable bonds is 3. The van der Waals surface area contributed by atoms with Crippen LogP contribution in [0.4, 0.5) is 0 Å². The summed E-state index contributed by atoms with van der Waals surface area (Å²) in [7, 11) is 0. The van der Waals surface area contributed by atoms with E-state index >= 15 is 0 Å². The van der Waals surface area contributed by atoms with Crippen LogP contribution >= 0.6 is 0 Å². The molecular weight excluding hydrogens is 278 g/mol. The van der Waals surface area contributed by atoms with Gasteiger partial charge in [0.15, 0.2) is 0 Å². The fourth-order valence-corrected chi connectivity index (χ4v) is 3.91. The molecule has 2 aliphatic rings. The molecule has 1 saturated carbocycles. The molecule has 2 fully saturated rings. The van der Waals surface area contributed by atoms with E-state index in [0.717, 1.165) is 32.4 Å². The maximum Gasteiger partial charge on any atom is 0.274 e. The molecular formula is C17H25N3O2. The SMILES string of the molecule is CCCn1nc(C(=O)N2CCC3(CCCC3)CC2)ccc1=O. The zero-order valence-corrected chi connectivity index (χ0v) is 13.4. The van der Waals surface area contributed by atoms with Crippen molar-refractivity contribution in [1.29, 1.82) is 0 Å². The summed E-state index contributed by atoms with van der Waals surface area (Å²) in [6.07, 6.45) is 8.41. The maximum absolute atomic E-state index is 12.6. The van der Waals surface area contributed by atoms with Crippen LogP contribution in [0.3, 0.4) is 0 Å². The van der Waals surface area contributed by atoms with Gasteiger partial charge in [-0.3, -0.25) is 9.59 Å². The quantitative estimate of drug-likeness (QED) is 0.862. The Hall–Kier alpha value is -1.65. The first-order valence-electron chi connectivity index (χ1n) is 8.51. The van der Waals surface area contributed by atoms with Crippen LogP contribution in [0.1, 0.15) is 62.4 Å². The van der Waals surface area contributed by atoms with Crippen molar-refractivity contribution in [1.82, 2.24) is 14.7 Å². The average Bonchev–Trinajstić information content (AvgIpc) is 2.98. The molecule has 1 aromatic rings. The summed E-state index contributed by atoms with van der Waals surface area (Å²) in [6.45, 7) is 4.21. The van der Waals surface area contributed by atoms with E-state index in [4.69, 9.17) is 0 Å². The molecule has 5 heteroatoms. The van der Waals surface area contributed by atoms with E-state index < -0.39 is 0 Å². The van der Waals surface area contributed by atoms with Gasteiger partial charge in [-0.25, -0.2) is 4.68 Å². The minimum absolute atomic E-state index is 0.0299. The fraction of sp³-hybridized carbons (Fsp3) is 0.706. The number of aromatic nitrogens is 2. The van der Waals surface area contributed by atoms with Crippen LogP contribution in [-0.2, 0) is 6.54 Å². The summed E-state index contributed by atoms with van der Waals surface area (Å²) in [5.74, 6) is -0.0299. The lowest BCUT2D eigenvalue weighted by Crippen LogP contribution is -2.43. The fourth-order valence-electron chi connectivity index (χ4n) is 3.91. The molecule has 22 heavy (non-hydrogen) atoms. The summed E-state index contributed by atoms with van der Waals surface area (Å²) >= 11 is 0. The summed E-state index contributed by atoms with van der Waals surface area (Å²) in [4.78, 5) is 26.2. The van der Waals surface area contributed by atoms with Gasteiger partial charge in [0.1, 0.15) is 5.69 Å². The van der Waals surface area contributed by atoms with Gasteiger partial charge in [0.2, 0.25) is 0 Å². The Morgan fingerprint density at radius 1 is 1.18 bits per heavy atom. The number of carbonyl (C=O) groups excluding carboxylic acids is 1. The minimum atomic E-state index is -0.137. The van der Waals surface area contributed by atoms with Gasteiger partial charge < -0.3 is 4.90 Å². The predicted octanol–water partition coefficient (Wildman–Crippen LogP) is 2.45. The normalized spacial score (nSPS) is 20.5. The molecule has 1 aromatic heterocycles. The van der Waals surface area contributed by atoms with Crippen LogP contribution < -0.4 is 5.56 Å². The Labute approximate surface area is 131 Å². The van der Waals surface area contributed by atoms with Gasteiger partial charge in [-0.1, -0.05) is 19.8 Å². The van der Waals surface area contributed by atoms with Crippen molar-refractivity contribution in [2.24, 2.45) is 5.41 Å². The van der Waals surface area contributed by atoms with Crippen molar-refractivity contribution in [2.75, 3.05) is 13.1 Å². The Kier molecular flexibility index (Phi) is 4.32. The van der Waals surface area contributed by atoms with Gasteiger partial charge in [0, 0.05) is 25.7 Å². The highest BCUT2D eigenvalue weighted by molar-refractivity contribution is 5.92. The number of amides is 1. The lowest BCUT2D eigenvalue weighted by Gasteiger charge is -2.39. The largest absolute Gasteiger partial charge is 0.337 e. The summed E-state index contributed by atoms with van der Waals surface area (Å²) < 4.78 is 1.40. The van der Waals surface area contributed by atoms with Crippen molar-refractivity contribution in [3.8, 4) is 0 Å². The monoisotopic (exact) mass is 303 g/mol. The molecule has 1 saturated heterocycles. The molecule has 1 spiro atoms. The van der Waals surface area contributed by atoms with Gasteiger partial charge in [-0.05, 0) is 43.6 Å². The van der Waals surface area contributed by atoms with Gasteiger partial charge >= 0.3 is 0 Å². The van der Waals surface area contributed by atoms with Crippen LogP contribution in [0.2, 0.25) is 0 Å². The summed E-state index contributed by atoms with van der Waals surface area (Å²) in [5.41, 5.74) is 0.767. The first-order chi connectivity index (χ1) is 10.6. The minimum Gasteiger partial charge on any atom is -0.337 e. The second-order valence-electron chi connectivity index (χ2n) is 6.78. The van der Waals surface area contributed by atoms with Crippen molar-refractivity contribution >= 4 is 5.91 Å². The third-order valence-electron chi connectivity index (χ3n) is 5.30. The zero-order chi connectivity index (χ0) is 15.6. The van der Waals surface area contributed by atoms with E-state index in [1.807, 2.05) is 11.8 Å². The Balaban J connectivity index is 1.69. The standard InChI is InChI=1S/C17H25N3O2/c1-2-11-20-15(21)6-5-14(18-20)16(22)19-12-9-17(10-13-19)7-3-4-8-17/h5-6H,2-4,7-13H2,1H3. The van der Waals surface area contributed by atoms with E-state index in [1.165, 1.54) is 36.4 Å². The molecule has 0 aromatic carbocycles. The Morgan fingerprint density at radius 3 is 2.50 bits per heavy atom. The molecule has 0 unspecified atom stereocenters. The van der Waals surface area contributed by atoms with Crippen molar-refractivity contribution < 1.29 is 4.79 Å². The Bertz CT molecular complexity index is 592. The van der Waals surface area contributed by atoms with Crippen molar-refractivity contribution in [3.05, 3.63) is 28.2 Å². The third kappa shape index (κ3) is 2.94. The van der Waals surface area contributed by atoms with Gasteiger partial charge in [-0.2, -0.15) is 5.10 Å². The maximum atomic E-state index is 12.6. The highest BCUT2D eigenvalue weighted by Gasteiger charge is 2.38. The number of hydrogen-bond donors (Lipinski definition) is 0. The van der Waals surface area contributed by atoms with Crippen molar-refractivity contribution in [3.63, 3.8) is 0 Å². The van der Waals surface area contributed by atoms with Crippen molar-refractivity contribution in [2.45, 2.75) is 58.4 Å². The predicted molar refractivity (Wildman–Crippen MR) is 84.8 cm³/mol. The van der Waals surface area contributed by atoms with E-state index in [0.29, 0.717) is 17.7 Å².